The van der Waals surface area contributed by atoms with Gasteiger partial charge in [0, 0.05) is 13.1 Å². The SMILES string of the molecule is Cc1c(NCCN)cnn1-c1ccccc1F. The number of aromatic nitrogens is 2. The maximum Gasteiger partial charge on any atom is 0.148 e. The molecule has 0 aliphatic rings. The van der Waals surface area contributed by atoms with Crippen molar-refractivity contribution in [2.45, 2.75) is 6.92 Å². The van der Waals surface area contributed by atoms with Crippen molar-refractivity contribution in [3.63, 3.8) is 0 Å². The largest absolute Gasteiger partial charge is 0.381 e. The highest BCUT2D eigenvalue weighted by Gasteiger charge is 2.10. The summed E-state index contributed by atoms with van der Waals surface area (Å²) in [5.74, 6) is -0.288. The van der Waals surface area contributed by atoms with E-state index < -0.39 is 0 Å². The van der Waals surface area contributed by atoms with Gasteiger partial charge in [0.05, 0.1) is 17.6 Å². The molecule has 5 heteroatoms. The van der Waals surface area contributed by atoms with Gasteiger partial charge in [-0.25, -0.2) is 9.07 Å². The minimum absolute atomic E-state index is 0.288. The molecule has 0 aliphatic heterocycles. The molecule has 0 unspecified atom stereocenters. The van der Waals surface area contributed by atoms with Crippen LogP contribution in [0.5, 0.6) is 0 Å². The number of nitrogens with zero attached hydrogens (tertiary/aromatic N) is 2. The van der Waals surface area contributed by atoms with Crippen LogP contribution in [-0.2, 0) is 0 Å². The number of nitrogens with two attached hydrogens (primary N) is 1. The molecule has 0 atom stereocenters. The Morgan fingerprint density at radius 1 is 1.41 bits per heavy atom. The number of nitrogens with one attached hydrogen (secondary N) is 1. The van der Waals surface area contributed by atoms with Crippen LogP contribution in [0.4, 0.5) is 10.1 Å². The third-order valence-corrected chi connectivity index (χ3v) is 2.55. The summed E-state index contributed by atoms with van der Waals surface area (Å²) in [4.78, 5) is 0. The summed E-state index contributed by atoms with van der Waals surface area (Å²) in [7, 11) is 0. The van der Waals surface area contributed by atoms with Gasteiger partial charge in [0.1, 0.15) is 11.5 Å². The first-order chi connectivity index (χ1) is 8.24. The van der Waals surface area contributed by atoms with Crippen molar-refractivity contribution in [3.8, 4) is 5.69 Å². The molecule has 1 aromatic heterocycles. The molecule has 2 aromatic rings. The molecular weight excluding hydrogens is 219 g/mol. The summed E-state index contributed by atoms with van der Waals surface area (Å²) in [5.41, 5.74) is 7.61. The number of benzene rings is 1. The van der Waals surface area contributed by atoms with Crippen LogP contribution >= 0.6 is 0 Å². The van der Waals surface area contributed by atoms with Crippen molar-refractivity contribution in [2.24, 2.45) is 5.73 Å². The van der Waals surface area contributed by atoms with E-state index in [1.54, 1.807) is 29.1 Å². The number of halogens is 1. The van der Waals surface area contributed by atoms with Gasteiger partial charge >= 0.3 is 0 Å². The van der Waals surface area contributed by atoms with Gasteiger partial charge in [0.15, 0.2) is 0 Å². The van der Waals surface area contributed by atoms with Crippen molar-refractivity contribution >= 4 is 5.69 Å². The standard InChI is InChI=1S/C12H15FN4/c1-9-11(15-7-6-14)8-16-17(9)12-5-3-2-4-10(12)13/h2-5,8,15H,6-7,14H2,1H3. The first-order valence-corrected chi connectivity index (χ1v) is 5.47. The number of hydrogen-bond acceptors (Lipinski definition) is 3. The Morgan fingerprint density at radius 2 is 2.18 bits per heavy atom. The minimum atomic E-state index is -0.288. The van der Waals surface area contributed by atoms with Crippen molar-refractivity contribution in [1.82, 2.24) is 9.78 Å². The molecule has 17 heavy (non-hydrogen) atoms. The molecule has 0 radical (unpaired) electrons. The molecule has 0 saturated heterocycles. The Morgan fingerprint density at radius 3 is 2.88 bits per heavy atom. The van der Waals surface area contributed by atoms with E-state index in [-0.39, 0.29) is 5.82 Å². The van der Waals surface area contributed by atoms with E-state index in [4.69, 9.17) is 5.73 Å². The Kier molecular flexibility index (Phi) is 3.39. The lowest BCUT2D eigenvalue weighted by molar-refractivity contribution is 0.608. The maximum absolute atomic E-state index is 13.6. The van der Waals surface area contributed by atoms with Crippen LogP contribution in [0.25, 0.3) is 5.69 Å². The average Bonchev–Trinajstić information content (AvgIpc) is 2.69. The van der Waals surface area contributed by atoms with Gasteiger partial charge in [-0.15, -0.1) is 0 Å². The molecular formula is C12H15FN4. The predicted octanol–water partition coefficient (Wildman–Crippen LogP) is 1.69. The van der Waals surface area contributed by atoms with E-state index in [0.29, 0.717) is 18.8 Å². The van der Waals surface area contributed by atoms with E-state index in [1.165, 1.54) is 6.07 Å². The molecule has 90 valence electrons. The molecule has 2 rings (SSSR count). The number of hydrogen-bond donors (Lipinski definition) is 2. The topological polar surface area (TPSA) is 55.9 Å². The lowest BCUT2D eigenvalue weighted by Crippen LogP contribution is -2.13. The molecule has 0 spiro atoms. The van der Waals surface area contributed by atoms with Gasteiger partial charge in [0.25, 0.3) is 0 Å². The van der Waals surface area contributed by atoms with E-state index in [0.717, 1.165) is 11.4 Å². The molecule has 1 aromatic carbocycles. The summed E-state index contributed by atoms with van der Waals surface area (Å²) in [6.07, 6.45) is 1.68. The third-order valence-electron chi connectivity index (χ3n) is 2.55. The molecule has 1 heterocycles. The van der Waals surface area contributed by atoms with Crippen LogP contribution in [0.1, 0.15) is 5.69 Å². The van der Waals surface area contributed by atoms with Crippen LogP contribution in [0.2, 0.25) is 0 Å². The zero-order valence-electron chi connectivity index (χ0n) is 9.65. The smallest absolute Gasteiger partial charge is 0.148 e. The third kappa shape index (κ3) is 2.29. The summed E-state index contributed by atoms with van der Waals surface area (Å²) < 4.78 is 15.2. The van der Waals surface area contributed by atoms with Crippen LogP contribution in [0, 0.1) is 12.7 Å². The highest BCUT2D eigenvalue weighted by Crippen LogP contribution is 2.19. The number of rotatable bonds is 4. The fraction of sp³-hybridized carbons (Fsp3) is 0.250. The first kappa shape index (κ1) is 11.6. The second kappa shape index (κ2) is 4.97. The van der Waals surface area contributed by atoms with Gasteiger partial charge in [-0.1, -0.05) is 12.1 Å². The fourth-order valence-corrected chi connectivity index (χ4v) is 1.66. The first-order valence-electron chi connectivity index (χ1n) is 5.47. The van der Waals surface area contributed by atoms with Gasteiger partial charge in [-0.3, -0.25) is 0 Å². The maximum atomic E-state index is 13.6. The Balaban J connectivity index is 2.34. The van der Waals surface area contributed by atoms with Gasteiger partial charge < -0.3 is 11.1 Å². The number of anilines is 1. The molecule has 0 amide bonds. The van der Waals surface area contributed by atoms with Crippen molar-refractivity contribution in [2.75, 3.05) is 18.4 Å². The summed E-state index contributed by atoms with van der Waals surface area (Å²) >= 11 is 0. The molecule has 0 bridgehead atoms. The fourth-order valence-electron chi connectivity index (χ4n) is 1.66. The van der Waals surface area contributed by atoms with E-state index >= 15 is 0 Å². The van der Waals surface area contributed by atoms with Gasteiger partial charge in [-0.2, -0.15) is 5.10 Å². The quantitative estimate of drug-likeness (QED) is 0.846. The average molecular weight is 234 g/mol. The molecule has 0 aliphatic carbocycles. The van der Waals surface area contributed by atoms with Gasteiger partial charge in [0.2, 0.25) is 0 Å². The van der Waals surface area contributed by atoms with E-state index in [9.17, 15) is 4.39 Å². The van der Waals surface area contributed by atoms with E-state index in [2.05, 4.69) is 10.4 Å². The lowest BCUT2D eigenvalue weighted by Gasteiger charge is -2.07. The van der Waals surface area contributed by atoms with Crippen LogP contribution in [0.3, 0.4) is 0 Å². The highest BCUT2D eigenvalue weighted by molar-refractivity contribution is 5.49. The number of para-hydroxylation sites is 1. The Labute approximate surface area is 99.2 Å². The predicted molar refractivity (Wildman–Crippen MR) is 65.8 cm³/mol. The minimum Gasteiger partial charge on any atom is -0.381 e. The lowest BCUT2D eigenvalue weighted by atomic mass is 10.3. The Bertz CT molecular complexity index is 507. The van der Waals surface area contributed by atoms with Crippen molar-refractivity contribution in [1.29, 1.82) is 0 Å². The van der Waals surface area contributed by atoms with Crippen LogP contribution in [0.15, 0.2) is 30.5 Å². The van der Waals surface area contributed by atoms with Crippen LogP contribution in [-0.4, -0.2) is 22.9 Å². The van der Waals surface area contributed by atoms with Crippen molar-refractivity contribution < 1.29 is 4.39 Å². The van der Waals surface area contributed by atoms with Crippen LogP contribution < -0.4 is 11.1 Å². The highest BCUT2D eigenvalue weighted by atomic mass is 19.1. The molecule has 0 saturated carbocycles. The summed E-state index contributed by atoms with van der Waals surface area (Å²) in [5, 5.41) is 7.31. The zero-order chi connectivity index (χ0) is 12.3. The zero-order valence-corrected chi connectivity index (χ0v) is 9.65. The molecule has 0 fully saturated rings. The monoisotopic (exact) mass is 234 g/mol. The molecule has 3 N–H and O–H groups in total. The van der Waals surface area contributed by atoms with Gasteiger partial charge in [-0.05, 0) is 19.1 Å². The summed E-state index contributed by atoms with van der Waals surface area (Å²) in [6.45, 7) is 3.10. The second-order valence-electron chi connectivity index (χ2n) is 3.72. The normalized spacial score (nSPS) is 10.5. The molecule has 4 nitrogen and oxygen atoms in total. The van der Waals surface area contributed by atoms with Crippen molar-refractivity contribution in [3.05, 3.63) is 42.0 Å². The summed E-state index contributed by atoms with van der Waals surface area (Å²) in [6, 6.07) is 6.56. The second-order valence-corrected chi connectivity index (χ2v) is 3.72. The Hall–Kier alpha value is -1.88. The van der Waals surface area contributed by atoms with E-state index in [1.807, 2.05) is 6.92 Å².